The topological polar surface area (TPSA) is 46.2 Å². The molecule has 3 heteroatoms. The summed E-state index contributed by atoms with van der Waals surface area (Å²) in [5, 5.41) is 8.67. The minimum atomic E-state index is -0.227. The Morgan fingerprint density at radius 2 is 2.23 bits per heavy atom. The highest BCUT2D eigenvalue weighted by Gasteiger charge is 2.01. The zero-order chi connectivity index (χ0) is 9.68. The molecule has 2 nitrogen and oxygen atoms in total. The predicted molar refractivity (Wildman–Crippen MR) is 49.8 cm³/mol. The van der Waals surface area contributed by atoms with Crippen LogP contribution in [0.2, 0.25) is 0 Å². The fourth-order valence-corrected chi connectivity index (χ4v) is 1.14. The molecule has 3 N–H and O–H groups in total. The second-order valence-corrected chi connectivity index (χ2v) is 3.11. The van der Waals surface area contributed by atoms with Crippen LogP contribution in [0.4, 0.5) is 4.39 Å². The molecule has 0 amide bonds. The maximum Gasteiger partial charge on any atom is 0.123 e. The van der Waals surface area contributed by atoms with Gasteiger partial charge in [-0.2, -0.15) is 0 Å². The van der Waals surface area contributed by atoms with Crippen LogP contribution < -0.4 is 5.73 Å². The highest BCUT2D eigenvalue weighted by atomic mass is 19.1. The van der Waals surface area contributed by atoms with E-state index in [0.29, 0.717) is 12.8 Å². The van der Waals surface area contributed by atoms with Crippen molar-refractivity contribution in [3.8, 4) is 0 Å². The van der Waals surface area contributed by atoms with E-state index in [1.54, 1.807) is 6.07 Å². The number of hydrogen-bond acceptors (Lipinski definition) is 2. The fourth-order valence-electron chi connectivity index (χ4n) is 1.14. The molecule has 0 aliphatic carbocycles. The van der Waals surface area contributed by atoms with E-state index < -0.39 is 0 Å². The van der Waals surface area contributed by atoms with E-state index >= 15 is 0 Å². The summed E-state index contributed by atoms with van der Waals surface area (Å²) in [6.45, 7) is -0.0185. The fraction of sp³-hybridized carbons (Fsp3) is 0.400. The molecule has 1 rings (SSSR count). The normalized spacial score (nSPS) is 12.8. The van der Waals surface area contributed by atoms with Gasteiger partial charge in [0.1, 0.15) is 5.82 Å². The third kappa shape index (κ3) is 3.53. The Morgan fingerprint density at radius 1 is 1.46 bits per heavy atom. The first-order valence-corrected chi connectivity index (χ1v) is 4.33. The van der Waals surface area contributed by atoms with Gasteiger partial charge in [0.25, 0.3) is 0 Å². The summed E-state index contributed by atoms with van der Waals surface area (Å²) in [6.07, 6.45) is 1.39. The molecule has 0 radical (unpaired) electrons. The van der Waals surface area contributed by atoms with Gasteiger partial charge in [-0.15, -0.1) is 0 Å². The molecule has 0 saturated carbocycles. The summed E-state index contributed by atoms with van der Waals surface area (Å²) in [6, 6.07) is 6.23. The lowest BCUT2D eigenvalue weighted by atomic mass is 10.1. The quantitative estimate of drug-likeness (QED) is 0.733. The smallest absolute Gasteiger partial charge is 0.123 e. The number of rotatable bonds is 4. The third-order valence-electron chi connectivity index (χ3n) is 1.93. The van der Waals surface area contributed by atoms with Crippen molar-refractivity contribution in [1.29, 1.82) is 0 Å². The van der Waals surface area contributed by atoms with Crippen molar-refractivity contribution >= 4 is 0 Å². The molecule has 0 aliphatic heterocycles. The van der Waals surface area contributed by atoms with E-state index in [4.69, 9.17) is 10.8 Å². The molecule has 1 atom stereocenters. The van der Waals surface area contributed by atoms with Crippen LogP contribution in [-0.2, 0) is 6.42 Å². The monoisotopic (exact) mass is 183 g/mol. The molecule has 13 heavy (non-hydrogen) atoms. The molecular weight excluding hydrogens is 169 g/mol. The van der Waals surface area contributed by atoms with Gasteiger partial charge in [-0.25, -0.2) is 4.39 Å². The molecule has 0 fully saturated rings. The summed E-state index contributed by atoms with van der Waals surface area (Å²) in [4.78, 5) is 0. The Morgan fingerprint density at radius 3 is 2.85 bits per heavy atom. The van der Waals surface area contributed by atoms with E-state index in [1.165, 1.54) is 12.1 Å². The Labute approximate surface area is 77.2 Å². The Hall–Kier alpha value is -0.930. The van der Waals surface area contributed by atoms with Gasteiger partial charge in [0.15, 0.2) is 0 Å². The lowest BCUT2D eigenvalue weighted by Crippen LogP contribution is -2.24. The highest BCUT2D eigenvalue weighted by molar-refractivity contribution is 5.16. The second kappa shape index (κ2) is 4.94. The van der Waals surface area contributed by atoms with Crippen LogP contribution in [0.15, 0.2) is 24.3 Å². The average molecular weight is 183 g/mol. The minimum absolute atomic E-state index is 0.0185. The van der Waals surface area contributed by atoms with Crippen molar-refractivity contribution in [2.24, 2.45) is 5.73 Å². The predicted octanol–water partition coefficient (Wildman–Crippen LogP) is 1.08. The summed E-state index contributed by atoms with van der Waals surface area (Å²) in [7, 11) is 0. The van der Waals surface area contributed by atoms with Crippen LogP contribution >= 0.6 is 0 Å². The zero-order valence-corrected chi connectivity index (χ0v) is 7.41. The van der Waals surface area contributed by atoms with E-state index in [2.05, 4.69) is 0 Å². The largest absolute Gasteiger partial charge is 0.395 e. The first kappa shape index (κ1) is 10.2. The summed E-state index contributed by atoms with van der Waals surface area (Å²) in [5.41, 5.74) is 6.44. The Bertz CT molecular complexity index is 265. The highest BCUT2D eigenvalue weighted by Crippen LogP contribution is 2.06. The summed E-state index contributed by atoms with van der Waals surface area (Å²) in [5.74, 6) is -0.227. The summed E-state index contributed by atoms with van der Waals surface area (Å²) >= 11 is 0. The number of hydrogen-bond donors (Lipinski definition) is 2. The molecule has 1 aromatic rings. The van der Waals surface area contributed by atoms with E-state index in [1.807, 2.05) is 6.07 Å². The second-order valence-electron chi connectivity index (χ2n) is 3.11. The van der Waals surface area contributed by atoms with Gasteiger partial charge >= 0.3 is 0 Å². The molecule has 0 heterocycles. The first-order chi connectivity index (χ1) is 6.22. The molecule has 72 valence electrons. The number of aryl methyl sites for hydroxylation is 1. The molecule has 0 aliphatic rings. The number of benzene rings is 1. The van der Waals surface area contributed by atoms with Crippen LogP contribution in [0, 0.1) is 5.82 Å². The standard InChI is InChI=1S/C10H14FNO/c11-9-3-1-2-8(6-9)4-5-10(12)7-13/h1-3,6,10,13H,4-5,7,12H2. The van der Waals surface area contributed by atoms with Gasteiger partial charge in [-0.1, -0.05) is 12.1 Å². The first-order valence-electron chi connectivity index (χ1n) is 4.33. The van der Waals surface area contributed by atoms with Crippen molar-refractivity contribution < 1.29 is 9.50 Å². The van der Waals surface area contributed by atoms with E-state index in [9.17, 15) is 4.39 Å². The zero-order valence-electron chi connectivity index (χ0n) is 7.41. The maximum atomic E-state index is 12.7. The molecular formula is C10H14FNO. The van der Waals surface area contributed by atoms with Gasteiger partial charge in [-0.3, -0.25) is 0 Å². The van der Waals surface area contributed by atoms with E-state index in [0.717, 1.165) is 5.56 Å². The van der Waals surface area contributed by atoms with Crippen molar-refractivity contribution in [2.45, 2.75) is 18.9 Å². The number of halogens is 1. The van der Waals surface area contributed by atoms with Crippen LogP contribution in [0.25, 0.3) is 0 Å². The third-order valence-corrected chi connectivity index (χ3v) is 1.93. The van der Waals surface area contributed by atoms with Gasteiger partial charge in [0.05, 0.1) is 6.61 Å². The molecule has 1 aromatic carbocycles. The molecule has 0 bridgehead atoms. The maximum absolute atomic E-state index is 12.7. The van der Waals surface area contributed by atoms with Crippen LogP contribution in [-0.4, -0.2) is 17.8 Å². The minimum Gasteiger partial charge on any atom is -0.395 e. The van der Waals surface area contributed by atoms with Crippen LogP contribution in [0.1, 0.15) is 12.0 Å². The Balaban J connectivity index is 2.45. The number of aliphatic hydroxyl groups excluding tert-OH is 1. The lowest BCUT2D eigenvalue weighted by molar-refractivity contribution is 0.260. The van der Waals surface area contributed by atoms with Gasteiger partial charge in [-0.05, 0) is 30.5 Å². The number of nitrogens with two attached hydrogens (primary N) is 1. The average Bonchev–Trinajstić information content (AvgIpc) is 2.14. The van der Waals surface area contributed by atoms with Crippen LogP contribution in [0.5, 0.6) is 0 Å². The molecule has 1 unspecified atom stereocenters. The summed E-state index contributed by atoms with van der Waals surface area (Å²) < 4.78 is 12.7. The van der Waals surface area contributed by atoms with Gasteiger partial charge in [0, 0.05) is 6.04 Å². The number of aliphatic hydroxyl groups is 1. The lowest BCUT2D eigenvalue weighted by Gasteiger charge is -2.07. The molecule has 0 spiro atoms. The van der Waals surface area contributed by atoms with Crippen molar-refractivity contribution in [1.82, 2.24) is 0 Å². The molecule has 0 aromatic heterocycles. The SMILES string of the molecule is NC(CO)CCc1cccc(F)c1. The van der Waals surface area contributed by atoms with E-state index in [-0.39, 0.29) is 18.5 Å². The van der Waals surface area contributed by atoms with Gasteiger partial charge in [0.2, 0.25) is 0 Å². The van der Waals surface area contributed by atoms with Crippen molar-refractivity contribution in [3.05, 3.63) is 35.6 Å². The Kier molecular flexibility index (Phi) is 3.86. The van der Waals surface area contributed by atoms with Crippen LogP contribution in [0.3, 0.4) is 0 Å². The van der Waals surface area contributed by atoms with Gasteiger partial charge < -0.3 is 10.8 Å². The van der Waals surface area contributed by atoms with Crippen molar-refractivity contribution in [3.63, 3.8) is 0 Å². The van der Waals surface area contributed by atoms with Crippen molar-refractivity contribution in [2.75, 3.05) is 6.61 Å². The molecule has 0 saturated heterocycles.